The maximum atomic E-state index is 5.88. The third-order valence-electron chi connectivity index (χ3n) is 2.54. The van der Waals surface area contributed by atoms with E-state index in [1.807, 2.05) is 6.92 Å². The van der Waals surface area contributed by atoms with Gasteiger partial charge in [0.25, 0.3) is 0 Å². The highest BCUT2D eigenvalue weighted by molar-refractivity contribution is 6.29. The predicted molar refractivity (Wildman–Crippen MR) is 60.8 cm³/mol. The minimum Gasteiger partial charge on any atom is -0.295 e. The quantitative estimate of drug-likeness (QED) is 0.724. The Morgan fingerprint density at radius 1 is 1.40 bits per heavy atom. The minimum atomic E-state index is 0.452. The van der Waals surface area contributed by atoms with Gasteiger partial charge in [0.2, 0.25) is 0 Å². The molecule has 0 aliphatic carbocycles. The summed E-state index contributed by atoms with van der Waals surface area (Å²) in [5, 5.41) is 0.539. The van der Waals surface area contributed by atoms with Crippen LogP contribution in [0.15, 0.2) is 6.07 Å². The van der Waals surface area contributed by atoms with E-state index in [4.69, 9.17) is 11.6 Å². The van der Waals surface area contributed by atoms with Crippen molar-refractivity contribution >= 4 is 11.6 Å². The number of aromatic nitrogens is 2. The lowest BCUT2D eigenvalue weighted by atomic mass is 9.84. The molecule has 0 radical (unpaired) electrons. The highest BCUT2D eigenvalue weighted by Crippen LogP contribution is 2.29. The second-order valence-corrected chi connectivity index (χ2v) is 5.44. The molecule has 1 aromatic rings. The second kappa shape index (κ2) is 3.72. The van der Waals surface area contributed by atoms with E-state index >= 15 is 0 Å². The molecular formula is C11H16ClN3. The number of hydrogen-bond donors (Lipinski definition) is 0. The molecule has 2 heterocycles. The fourth-order valence-electron chi connectivity index (χ4n) is 2.14. The van der Waals surface area contributed by atoms with Crippen LogP contribution in [-0.4, -0.2) is 28.0 Å². The van der Waals surface area contributed by atoms with Crippen molar-refractivity contribution in [2.75, 3.05) is 13.1 Å². The molecule has 3 nitrogen and oxygen atoms in total. The van der Waals surface area contributed by atoms with E-state index in [1.165, 1.54) is 0 Å². The highest BCUT2D eigenvalue weighted by atomic mass is 35.5. The van der Waals surface area contributed by atoms with Crippen molar-refractivity contribution in [2.45, 2.75) is 27.3 Å². The Morgan fingerprint density at radius 2 is 2.07 bits per heavy atom. The van der Waals surface area contributed by atoms with Gasteiger partial charge in [-0.2, -0.15) is 0 Å². The van der Waals surface area contributed by atoms with Crippen LogP contribution in [0, 0.1) is 12.3 Å². The molecule has 0 N–H and O–H groups in total. The number of aryl methyl sites for hydroxylation is 1. The van der Waals surface area contributed by atoms with Gasteiger partial charge in [0.15, 0.2) is 0 Å². The van der Waals surface area contributed by atoms with Crippen LogP contribution in [0.1, 0.15) is 25.4 Å². The first-order valence-electron chi connectivity index (χ1n) is 5.17. The van der Waals surface area contributed by atoms with E-state index in [9.17, 15) is 0 Å². The zero-order valence-corrected chi connectivity index (χ0v) is 10.2. The van der Waals surface area contributed by atoms with E-state index in [0.29, 0.717) is 10.6 Å². The summed E-state index contributed by atoms with van der Waals surface area (Å²) >= 11 is 5.88. The lowest BCUT2D eigenvalue weighted by molar-refractivity contribution is 0.0221. The molecule has 0 atom stereocenters. The van der Waals surface area contributed by atoms with Crippen LogP contribution in [0.3, 0.4) is 0 Å². The Labute approximate surface area is 95.5 Å². The molecule has 82 valence electrons. The van der Waals surface area contributed by atoms with E-state index < -0.39 is 0 Å². The van der Waals surface area contributed by atoms with Crippen molar-refractivity contribution in [3.8, 4) is 0 Å². The van der Waals surface area contributed by atoms with E-state index in [1.54, 1.807) is 6.07 Å². The molecule has 1 fully saturated rings. The number of halogens is 1. The number of nitrogens with zero attached hydrogens (tertiary/aromatic N) is 3. The maximum absolute atomic E-state index is 5.88. The van der Waals surface area contributed by atoms with Gasteiger partial charge in [0.05, 0.1) is 6.54 Å². The summed E-state index contributed by atoms with van der Waals surface area (Å²) in [6, 6.07) is 1.78. The molecule has 1 aromatic heterocycles. The van der Waals surface area contributed by atoms with Crippen molar-refractivity contribution in [1.82, 2.24) is 14.9 Å². The first-order chi connectivity index (χ1) is 6.94. The van der Waals surface area contributed by atoms with Crippen molar-refractivity contribution in [2.24, 2.45) is 5.41 Å². The highest BCUT2D eigenvalue weighted by Gasteiger charge is 2.34. The van der Waals surface area contributed by atoms with Gasteiger partial charge in [-0.15, -0.1) is 0 Å². The zero-order chi connectivity index (χ0) is 11.1. The average molecular weight is 226 g/mol. The molecular weight excluding hydrogens is 210 g/mol. The molecule has 0 spiro atoms. The van der Waals surface area contributed by atoms with Gasteiger partial charge in [0, 0.05) is 18.8 Å². The molecule has 0 bridgehead atoms. The lowest BCUT2D eigenvalue weighted by Gasteiger charge is -2.45. The van der Waals surface area contributed by atoms with Crippen molar-refractivity contribution in [3.63, 3.8) is 0 Å². The van der Waals surface area contributed by atoms with Gasteiger partial charge in [-0.3, -0.25) is 4.90 Å². The topological polar surface area (TPSA) is 29.0 Å². The Morgan fingerprint density at radius 3 is 2.60 bits per heavy atom. The Balaban J connectivity index is 2.00. The third-order valence-corrected chi connectivity index (χ3v) is 2.73. The molecule has 2 rings (SSSR count). The summed E-state index contributed by atoms with van der Waals surface area (Å²) in [5.41, 5.74) is 1.39. The van der Waals surface area contributed by atoms with E-state index in [-0.39, 0.29) is 0 Å². The molecule has 4 heteroatoms. The largest absolute Gasteiger partial charge is 0.295 e. The standard InChI is InChI=1S/C11H16ClN3/c1-8-4-9(12)14-10(13-8)5-15-6-11(2,3)7-15/h4H,5-7H2,1-3H3. The number of hydrogen-bond acceptors (Lipinski definition) is 3. The predicted octanol–water partition coefficient (Wildman–Crippen LogP) is 2.28. The van der Waals surface area contributed by atoms with Gasteiger partial charge in [-0.25, -0.2) is 9.97 Å². The second-order valence-electron chi connectivity index (χ2n) is 5.06. The molecule has 0 amide bonds. The van der Waals surface area contributed by atoms with Crippen LogP contribution < -0.4 is 0 Å². The van der Waals surface area contributed by atoms with Crippen LogP contribution in [0.2, 0.25) is 5.15 Å². The molecule has 0 unspecified atom stereocenters. The molecule has 0 aromatic carbocycles. The van der Waals surface area contributed by atoms with Crippen LogP contribution in [0.25, 0.3) is 0 Å². The van der Waals surface area contributed by atoms with Gasteiger partial charge in [0.1, 0.15) is 11.0 Å². The fraction of sp³-hybridized carbons (Fsp3) is 0.636. The van der Waals surface area contributed by atoms with Crippen LogP contribution >= 0.6 is 11.6 Å². The van der Waals surface area contributed by atoms with Crippen molar-refractivity contribution in [1.29, 1.82) is 0 Å². The SMILES string of the molecule is Cc1cc(Cl)nc(CN2CC(C)(C)C2)n1. The van der Waals surface area contributed by atoms with E-state index in [2.05, 4.69) is 28.7 Å². The maximum Gasteiger partial charge on any atom is 0.144 e. The fourth-order valence-corrected chi connectivity index (χ4v) is 2.39. The zero-order valence-electron chi connectivity index (χ0n) is 9.42. The summed E-state index contributed by atoms with van der Waals surface area (Å²) in [7, 11) is 0. The molecule has 15 heavy (non-hydrogen) atoms. The van der Waals surface area contributed by atoms with Gasteiger partial charge < -0.3 is 0 Å². The molecule has 0 saturated carbocycles. The molecule has 1 aliphatic rings. The Hall–Kier alpha value is -0.670. The van der Waals surface area contributed by atoms with E-state index in [0.717, 1.165) is 31.2 Å². The summed E-state index contributed by atoms with van der Waals surface area (Å²) in [6.07, 6.45) is 0. The first-order valence-corrected chi connectivity index (χ1v) is 5.55. The van der Waals surface area contributed by atoms with Gasteiger partial charge >= 0.3 is 0 Å². The third kappa shape index (κ3) is 2.67. The van der Waals surface area contributed by atoms with Crippen molar-refractivity contribution in [3.05, 3.63) is 22.7 Å². The smallest absolute Gasteiger partial charge is 0.144 e. The average Bonchev–Trinajstić information content (AvgIpc) is 1.97. The summed E-state index contributed by atoms with van der Waals surface area (Å²) in [4.78, 5) is 10.9. The van der Waals surface area contributed by atoms with Gasteiger partial charge in [-0.1, -0.05) is 25.4 Å². The first kappa shape index (κ1) is 10.8. The Bertz CT molecular complexity index is 348. The van der Waals surface area contributed by atoms with Gasteiger partial charge in [-0.05, 0) is 18.4 Å². The summed E-state index contributed by atoms with van der Waals surface area (Å²) in [5.74, 6) is 0.829. The summed E-state index contributed by atoms with van der Waals surface area (Å²) in [6.45, 7) is 9.52. The van der Waals surface area contributed by atoms with Crippen molar-refractivity contribution < 1.29 is 0 Å². The molecule has 1 saturated heterocycles. The summed E-state index contributed by atoms with van der Waals surface area (Å²) < 4.78 is 0. The molecule has 1 aliphatic heterocycles. The number of rotatable bonds is 2. The van der Waals surface area contributed by atoms with Crippen LogP contribution in [0.4, 0.5) is 0 Å². The minimum absolute atomic E-state index is 0.452. The van der Waals surface area contributed by atoms with Crippen LogP contribution in [-0.2, 0) is 6.54 Å². The van der Waals surface area contributed by atoms with Crippen LogP contribution in [0.5, 0.6) is 0 Å². The number of likely N-dealkylation sites (tertiary alicyclic amines) is 1. The lowest BCUT2D eigenvalue weighted by Crippen LogP contribution is -2.52. The monoisotopic (exact) mass is 225 g/mol. The Kier molecular flexibility index (Phi) is 2.69. The normalized spacial score (nSPS) is 20.0.